The summed E-state index contributed by atoms with van der Waals surface area (Å²) in [6, 6.07) is 9.80. The van der Waals surface area contributed by atoms with E-state index in [-0.39, 0.29) is 17.7 Å². The van der Waals surface area contributed by atoms with Crippen LogP contribution in [0.4, 0.5) is 0 Å². The standard InChI is InChI=1S/C16H18N6OS/c1-11(20-15(23)9-24-16-17-10-18-21-16)14-8-19-22(12(14)2)13-6-4-3-5-7-13/h3-8,10-11H,9H2,1-2H3,(H,20,23)(H,17,18,21)/t11-/m0/s1. The van der Waals surface area contributed by atoms with Crippen LogP contribution in [0.25, 0.3) is 5.69 Å². The zero-order chi connectivity index (χ0) is 16.9. The topological polar surface area (TPSA) is 88.5 Å². The van der Waals surface area contributed by atoms with Crippen molar-refractivity contribution in [1.82, 2.24) is 30.3 Å². The van der Waals surface area contributed by atoms with Crippen LogP contribution in [0.2, 0.25) is 0 Å². The van der Waals surface area contributed by atoms with E-state index in [2.05, 4.69) is 25.6 Å². The molecule has 0 fully saturated rings. The van der Waals surface area contributed by atoms with E-state index in [1.807, 2.05) is 48.9 Å². The lowest BCUT2D eigenvalue weighted by atomic mass is 10.1. The third-order valence-corrected chi connectivity index (χ3v) is 4.50. The molecule has 0 saturated carbocycles. The first-order chi connectivity index (χ1) is 11.6. The van der Waals surface area contributed by atoms with Gasteiger partial charge in [0, 0.05) is 11.3 Å². The Morgan fingerprint density at radius 1 is 1.38 bits per heavy atom. The van der Waals surface area contributed by atoms with Crippen LogP contribution >= 0.6 is 11.8 Å². The molecule has 0 saturated heterocycles. The molecule has 1 amide bonds. The monoisotopic (exact) mass is 342 g/mol. The highest BCUT2D eigenvalue weighted by molar-refractivity contribution is 7.99. The maximum atomic E-state index is 12.1. The van der Waals surface area contributed by atoms with Crippen LogP contribution in [-0.4, -0.2) is 36.6 Å². The largest absolute Gasteiger partial charge is 0.349 e. The van der Waals surface area contributed by atoms with E-state index in [1.54, 1.807) is 6.20 Å². The average Bonchev–Trinajstić information content (AvgIpc) is 3.23. The van der Waals surface area contributed by atoms with Crippen LogP contribution in [-0.2, 0) is 4.79 Å². The number of benzene rings is 1. The molecule has 124 valence electrons. The van der Waals surface area contributed by atoms with Crippen molar-refractivity contribution in [2.75, 3.05) is 5.75 Å². The van der Waals surface area contributed by atoms with Gasteiger partial charge in [-0.1, -0.05) is 30.0 Å². The number of thioether (sulfide) groups is 1. The van der Waals surface area contributed by atoms with Crippen LogP contribution in [0, 0.1) is 6.92 Å². The second kappa shape index (κ2) is 7.31. The van der Waals surface area contributed by atoms with E-state index in [0.717, 1.165) is 16.9 Å². The Labute approximate surface area is 143 Å². The molecule has 24 heavy (non-hydrogen) atoms. The van der Waals surface area contributed by atoms with Crippen molar-refractivity contribution in [2.45, 2.75) is 25.0 Å². The Morgan fingerprint density at radius 3 is 2.88 bits per heavy atom. The fourth-order valence-corrected chi connectivity index (χ4v) is 3.03. The van der Waals surface area contributed by atoms with E-state index >= 15 is 0 Å². The fourth-order valence-electron chi connectivity index (χ4n) is 2.44. The number of H-pyrrole nitrogens is 1. The molecule has 8 heteroatoms. The number of hydrogen-bond donors (Lipinski definition) is 2. The minimum Gasteiger partial charge on any atom is -0.349 e. The van der Waals surface area contributed by atoms with Crippen molar-refractivity contribution in [3.63, 3.8) is 0 Å². The van der Waals surface area contributed by atoms with Gasteiger partial charge in [-0.15, -0.1) is 0 Å². The summed E-state index contributed by atoms with van der Waals surface area (Å²) < 4.78 is 1.88. The van der Waals surface area contributed by atoms with Crippen molar-refractivity contribution in [2.24, 2.45) is 0 Å². The van der Waals surface area contributed by atoms with Crippen molar-refractivity contribution < 1.29 is 4.79 Å². The predicted molar refractivity (Wildman–Crippen MR) is 92.0 cm³/mol. The number of rotatable bonds is 6. The zero-order valence-corrected chi connectivity index (χ0v) is 14.2. The first kappa shape index (κ1) is 16.3. The van der Waals surface area contributed by atoms with Gasteiger partial charge in [-0.05, 0) is 26.0 Å². The first-order valence-electron chi connectivity index (χ1n) is 7.52. The maximum Gasteiger partial charge on any atom is 0.230 e. The van der Waals surface area contributed by atoms with E-state index in [0.29, 0.717) is 5.16 Å². The average molecular weight is 342 g/mol. The van der Waals surface area contributed by atoms with Gasteiger partial charge in [-0.2, -0.15) is 10.2 Å². The highest BCUT2D eigenvalue weighted by atomic mass is 32.2. The zero-order valence-electron chi connectivity index (χ0n) is 13.4. The van der Waals surface area contributed by atoms with E-state index in [9.17, 15) is 4.79 Å². The Morgan fingerprint density at radius 2 is 2.17 bits per heavy atom. The molecule has 0 radical (unpaired) electrons. The first-order valence-corrected chi connectivity index (χ1v) is 8.51. The van der Waals surface area contributed by atoms with E-state index in [4.69, 9.17) is 0 Å². The molecule has 1 atom stereocenters. The quantitative estimate of drug-likeness (QED) is 0.671. The lowest BCUT2D eigenvalue weighted by Gasteiger charge is -2.14. The Balaban J connectivity index is 1.64. The highest BCUT2D eigenvalue weighted by Crippen LogP contribution is 2.20. The molecule has 1 aromatic carbocycles. The van der Waals surface area contributed by atoms with Gasteiger partial charge in [0.15, 0.2) is 5.16 Å². The molecular weight excluding hydrogens is 324 g/mol. The van der Waals surface area contributed by atoms with Crippen molar-refractivity contribution in [3.05, 3.63) is 54.1 Å². The van der Waals surface area contributed by atoms with Crippen molar-refractivity contribution in [3.8, 4) is 5.69 Å². The van der Waals surface area contributed by atoms with Gasteiger partial charge in [0.2, 0.25) is 5.91 Å². The molecule has 0 bridgehead atoms. The lowest BCUT2D eigenvalue weighted by molar-refractivity contribution is -0.119. The molecule has 0 aliphatic rings. The molecule has 0 spiro atoms. The summed E-state index contributed by atoms with van der Waals surface area (Å²) in [6.07, 6.45) is 3.22. The van der Waals surface area contributed by atoms with Crippen LogP contribution in [0.5, 0.6) is 0 Å². The summed E-state index contributed by atoms with van der Waals surface area (Å²) in [5, 5.41) is 14.5. The van der Waals surface area contributed by atoms with Gasteiger partial charge in [-0.3, -0.25) is 9.89 Å². The molecule has 2 N–H and O–H groups in total. The summed E-state index contributed by atoms with van der Waals surface area (Å²) in [4.78, 5) is 16.1. The minimum absolute atomic E-state index is 0.0595. The fraction of sp³-hybridized carbons (Fsp3) is 0.250. The number of aromatic amines is 1. The number of nitrogens with zero attached hydrogens (tertiary/aromatic N) is 4. The third kappa shape index (κ3) is 3.65. The smallest absolute Gasteiger partial charge is 0.230 e. The van der Waals surface area contributed by atoms with Gasteiger partial charge in [-0.25, -0.2) is 9.67 Å². The Kier molecular flexibility index (Phi) is 4.95. The summed E-state index contributed by atoms with van der Waals surface area (Å²) in [5.74, 6) is 0.224. The van der Waals surface area contributed by atoms with Crippen molar-refractivity contribution in [1.29, 1.82) is 0 Å². The van der Waals surface area contributed by atoms with Crippen LogP contribution < -0.4 is 5.32 Å². The number of carbonyl (C=O) groups is 1. The number of aromatic nitrogens is 5. The second-order valence-electron chi connectivity index (χ2n) is 5.30. The molecular formula is C16H18N6OS. The number of hydrogen-bond acceptors (Lipinski definition) is 5. The molecule has 3 aromatic rings. The number of para-hydroxylation sites is 1. The second-order valence-corrected chi connectivity index (χ2v) is 6.27. The minimum atomic E-state index is -0.120. The van der Waals surface area contributed by atoms with Crippen LogP contribution in [0.15, 0.2) is 48.0 Å². The Bertz CT molecular complexity index is 799. The van der Waals surface area contributed by atoms with Crippen LogP contribution in [0.1, 0.15) is 24.2 Å². The summed E-state index contributed by atoms with van der Waals surface area (Å²) in [6.45, 7) is 3.96. The number of carbonyl (C=O) groups excluding carboxylic acids is 1. The van der Waals surface area contributed by atoms with Crippen molar-refractivity contribution >= 4 is 17.7 Å². The van der Waals surface area contributed by atoms with Gasteiger partial charge < -0.3 is 5.32 Å². The molecule has 7 nitrogen and oxygen atoms in total. The predicted octanol–water partition coefficient (Wildman–Crippen LogP) is 2.27. The van der Waals surface area contributed by atoms with Gasteiger partial charge >= 0.3 is 0 Å². The van der Waals surface area contributed by atoms with E-state index < -0.39 is 0 Å². The van der Waals surface area contributed by atoms with E-state index in [1.165, 1.54) is 18.1 Å². The molecule has 2 aromatic heterocycles. The molecule has 0 aliphatic heterocycles. The maximum absolute atomic E-state index is 12.1. The van der Waals surface area contributed by atoms with Crippen LogP contribution in [0.3, 0.4) is 0 Å². The number of amides is 1. The lowest BCUT2D eigenvalue weighted by Crippen LogP contribution is -2.28. The van der Waals surface area contributed by atoms with Gasteiger partial charge in [0.1, 0.15) is 6.33 Å². The molecule has 3 rings (SSSR count). The summed E-state index contributed by atoms with van der Waals surface area (Å²) >= 11 is 1.32. The SMILES string of the molecule is Cc1c([C@H](C)NC(=O)CSc2ncn[nH]2)cnn1-c1ccccc1. The normalized spacial score (nSPS) is 12.1. The summed E-state index contributed by atoms with van der Waals surface area (Å²) in [5.41, 5.74) is 3.01. The third-order valence-electron chi connectivity index (χ3n) is 3.63. The molecule has 0 unspecified atom stereocenters. The highest BCUT2D eigenvalue weighted by Gasteiger charge is 2.16. The Hall–Kier alpha value is -2.61. The van der Waals surface area contributed by atoms with Gasteiger partial charge in [0.25, 0.3) is 0 Å². The summed E-state index contributed by atoms with van der Waals surface area (Å²) in [7, 11) is 0. The molecule has 2 heterocycles. The number of nitrogens with one attached hydrogen (secondary N) is 2. The molecule has 0 aliphatic carbocycles. The van der Waals surface area contributed by atoms with Gasteiger partial charge in [0.05, 0.1) is 23.7 Å².